The number of anilines is 1. The molecule has 1 aromatic rings. The number of nitrogens with one attached hydrogen (secondary N) is 1. The Hall–Kier alpha value is -0.570. The monoisotopic (exact) mass is 140 g/mol. The lowest BCUT2D eigenvalue weighted by Gasteiger charge is -1.95. The van der Waals surface area contributed by atoms with Crippen LogP contribution in [0.25, 0.3) is 0 Å². The van der Waals surface area contributed by atoms with Gasteiger partial charge >= 0.3 is 0 Å². The van der Waals surface area contributed by atoms with Crippen molar-refractivity contribution in [2.24, 2.45) is 0 Å². The van der Waals surface area contributed by atoms with Crippen molar-refractivity contribution in [2.75, 3.05) is 11.9 Å². The van der Waals surface area contributed by atoms with Gasteiger partial charge in [-0.05, 0) is 13.3 Å². The van der Waals surface area contributed by atoms with Gasteiger partial charge in [0.15, 0.2) is 5.13 Å². The average Bonchev–Trinajstić information content (AvgIpc) is 2.34. The zero-order valence-corrected chi connectivity index (χ0v) is 5.82. The molecule has 1 heterocycles. The minimum Gasteiger partial charge on any atom is -0.362 e. The molecule has 3 heteroatoms. The van der Waals surface area contributed by atoms with Gasteiger partial charge < -0.3 is 5.32 Å². The second kappa shape index (κ2) is 3.45. The molecule has 0 saturated heterocycles. The predicted octanol–water partition coefficient (Wildman–Crippen LogP) is 1.66. The summed E-state index contributed by atoms with van der Waals surface area (Å²) in [7, 11) is 0. The molecule has 0 spiro atoms. The first-order valence-electron chi connectivity index (χ1n) is 2.77. The lowest BCUT2D eigenvalue weighted by Crippen LogP contribution is -1.97. The van der Waals surface area contributed by atoms with Crippen LogP contribution in [0.4, 0.5) is 5.13 Å². The zero-order chi connectivity index (χ0) is 6.53. The molecular weight excluding hydrogens is 132 g/mol. The van der Waals surface area contributed by atoms with E-state index in [4.69, 9.17) is 6.92 Å². The smallest absolute Gasteiger partial charge is 0.182 e. The summed E-state index contributed by atoms with van der Waals surface area (Å²) in [6, 6.07) is 0. The second-order valence-corrected chi connectivity index (χ2v) is 2.45. The molecule has 9 heavy (non-hydrogen) atoms. The third-order valence-electron chi connectivity index (χ3n) is 0.853. The molecule has 1 N–H and O–H groups in total. The molecule has 0 aliphatic heterocycles. The molecule has 0 aliphatic rings. The van der Waals surface area contributed by atoms with E-state index in [1.54, 1.807) is 17.5 Å². The van der Waals surface area contributed by atoms with Crippen LogP contribution < -0.4 is 5.32 Å². The maximum Gasteiger partial charge on any atom is 0.182 e. The number of hydrogen-bond acceptors (Lipinski definition) is 3. The fraction of sp³-hybridized carbons (Fsp3) is 0.333. The van der Waals surface area contributed by atoms with E-state index >= 15 is 0 Å². The molecule has 48 valence electrons. The lowest BCUT2D eigenvalue weighted by molar-refractivity contribution is 1.06. The highest BCUT2D eigenvalue weighted by Crippen LogP contribution is 2.09. The number of rotatable bonds is 3. The Morgan fingerprint density at radius 1 is 1.78 bits per heavy atom. The molecule has 0 aliphatic carbocycles. The molecule has 2 nitrogen and oxygen atoms in total. The highest BCUT2D eigenvalue weighted by molar-refractivity contribution is 7.13. The summed E-state index contributed by atoms with van der Waals surface area (Å²) in [4.78, 5) is 4.01. The van der Waals surface area contributed by atoms with Crippen LogP contribution in [0.2, 0.25) is 0 Å². The van der Waals surface area contributed by atoms with E-state index in [0.717, 1.165) is 11.7 Å². The van der Waals surface area contributed by atoms with Crippen molar-refractivity contribution in [1.29, 1.82) is 0 Å². The van der Waals surface area contributed by atoms with Gasteiger partial charge in [0.2, 0.25) is 0 Å². The maximum atomic E-state index is 5.26. The van der Waals surface area contributed by atoms with Gasteiger partial charge in [-0.15, -0.1) is 11.3 Å². The number of aromatic nitrogens is 1. The largest absolute Gasteiger partial charge is 0.362 e. The van der Waals surface area contributed by atoms with Gasteiger partial charge in [-0.2, -0.15) is 0 Å². The summed E-state index contributed by atoms with van der Waals surface area (Å²) < 4.78 is 0. The maximum absolute atomic E-state index is 5.26. The number of nitrogens with zero attached hydrogens (tertiary/aromatic N) is 1. The summed E-state index contributed by atoms with van der Waals surface area (Å²) in [5.41, 5.74) is 0. The first kappa shape index (κ1) is 6.55. The molecule has 1 rings (SSSR count). The molecule has 1 aromatic heterocycles. The molecule has 0 unspecified atom stereocenters. The summed E-state index contributed by atoms with van der Waals surface area (Å²) in [5.74, 6) is 0. The van der Waals surface area contributed by atoms with Gasteiger partial charge in [0.1, 0.15) is 0 Å². The van der Waals surface area contributed by atoms with Crippen LogP contribution in [0.15, 0.2) is 11.6 Å². The Kier molecular flexibility index (Phi) is 2.51. The standard InChI is InChI=1S/C6H8N2S/c1-2-3-7-6-8-4-5-9-6/h1,4-5H,2-3H2,(H,7,8). The quantitative estimate of drug-likeness (QED) is 0.690. The summed E-state index contributed by atoms with van der Waals surface area (Å²) >= 11 is 1.59. The zero-order valence-electron chi connectivity index (χ0n) is 5.00. The van der Waals surface area contributed by atoms with Crippen molar-refractivity contribution in [3.05, 3.63) is 18.5 Å². The van der Waals surface area contributed by atoms with Crippen LogP contribution in [-0.4, -0.2) is 11.5 Å². The minimum atomic E-state index is 0.652. The third-order valence-corrected chi connectivity index (χ3v) is 1.58. The van der Waals surface area contributed by atoms with Crippen LogP contribution in [0.5, 0.6) is 0 Å². The van der Waals surface area contributed by atoms with E-state index in [-0.39, 0.29) is 0 Å². The van der Waals surface area contributed by atoms with Gasteiger partial charge in [-0.1, -0.05) is 0 Å². The van der Waals surface area contributed by atoms with Crippen LogP contribution in [0.3, 0.4) is 0 Å². The summed E-state index contributed by atoms with van der Waals surface area (Å²) in [5, 5.41) is 5.93. The molecule has 0 aromatic carbocycles. The fourth-order valence-electron chi connectivity index (χ4n) is 0.490. The first-order chi connectivity index (χ1) is 4.43. The van der Waals surface area contributed by atoms with Crippen LogP contribution in [0.1, 0.15) is 6.42 Å². The average molecular weight is 140 g/mol. The van der Waals surface area contributed by atoms with Gasteiger partial charge in [-0.25, -0.2) is 4.98 Å². The van der Waals surface area contributed by atoms with Crippen molar-refractivity contribution in [3.8, 4) is 0 Å². The SMILES string of the molecule is [CH]CCNc1nccs1. The third kappa shape index (κ3) is 2.01. The van der Waals surface area contributed by atoms with Crippen molar-refractivity contribution < 1.29 is 0 Å². The van der Waals surface area contributed by atoms with Crippen molar-refractivity contribution in [3.63, 3.8) is 0 Å². The summed E-state index contributed by atoms with van der Waals surface area (Å²) in [6.45, 7) is 6.06. The van der Waals surface area contributed by atoms with Crippen LogP contribution >= 0.6 is 11.3 Å². The lowest BCUT2D eigenvalue weighted by atomic mass is 10.5. The van der Waals surface area contributed by atoms with Crippen LogP contribution in [-0.2, 0) is 0 Å². The Labute approximate surface area is 58.9 Å². The molecular formula is C6H8N2S. The van der Waals surface area contributed by atoms with E-state index in [0.29, 0.717) is 6.42 Å². The van der Waals surface area contributed by atoms with Crippen LogP contribution in [0, 0.1) is 6.92 Å². The van der Waals surface area contributed by atoms with E-state index in [9.17, 15) is 0 Å². The Bertz CT molecular complexity index is 148. The van der Waals surface area contributed by atoms with Crippen molar-refractivity contribution in [2.45, 2.75) is 6.42 Å². The Morgan fingerprint density at radius 2 is 2.67 bits per heavy atom. The highest BCUT2D eigenvalue weighted by atomic mass is 32.1. The van der Waals surface area contributed by atoms with E-state index in [1.165, 1.54) is 0 Å². The van der Waals surface area contributed by atoms with Crippen molar-refractivity contribution in [1.82, 2.24) is 4.98 Å². The van der Waals surface area contributed by atoms with Gasteiger partial charge in [0, 0.05) is 18.1 Å². The molecule has 0 atom stereocenters. The van der Waals surface area contributed by atoms with Gasteiger partial charge in [0.25, 0.3) is 0 Å². The molecule has 0 fully saturated rings. The van der Waals surface area contributed by atoms with E-state index < -0.39 is 0 Å². The fourth-order valence-corrected chi connectivity index (χ4v) is 1.05. The topological polar surface area (TPSA) is 24.9 Å². The number of hydrogen-bond donors (Lipinski definition) is 1. The normalized spacial score (nSPS) is 9.44. The molecule has 0 bridgehead atoms. The van der Waals surface area contributed by atoms with Gasteiger partial charge in [-0.3, -0.25) is 0 Å². The molecule has 0 amide bonds. The Balaban J connectivity index is 2.30. The molecule has 2 radical (unpaired) electrons. The summed E-state index contributed by atoms with van der Waals surface area (Å²) in [6.07, 6.45) is 2.42. The molecule has 0 saturated carbocycles. The Morgan fingerprint density at radius 3 is 3.22 bits per heavy atom. The first-order valence-corrected chi connectivity index (χ1v) is 3.65. The van der Waals surface area contributed by atoms with Crippen molar-refractivity contribution >= 4 is 16.5 Å². The highest BCUT2D eigenvalue weighted by Gasteiger charge is 1.88. The minimum absolute atomic E-state index is 0.652. The number of thiazole rings is 1. The predicted molar refractivity (Wildman–Crippen MR) is 39.5 cm³/mol. The van der Waals surface area contributed by atoms with Gasteiger partial charge in [0.05, 0.1) is 0 Å². The second-order valence-electron chi connectivity index (χ2n) is 1.55. The van der Waals surface area contributed by atoms with E-state index in [1.807, 2.05) is 5.38 Å². The van der Waals surface area contributed by atoms with E-state index in [2.05, 4.69) is 10.3 Å².